The number of likely N-dealkylation sites (tertiary alicyclic amines) is 1. The molecular weight excluding hydrogens is 460 g/mol. The molecule has 5 nitrogen and oxygen atoms in total. The van der Waals surface area contributed by atoms with Crippen molar-refractivity contribution >= 4 is 5.97 Å². The summed E-state index contributed by atoms with van der Waals surface area (Å²) >= 11 is 0. The molecule has 0 amide bonds. The minimum absolute atomic E-state index is 0.0754. The number of esters is 1. The van der Waals surface area contributed by atoms with E-state index < -0.39 is 0 Å². The molecule has 4 aliphatic carbocycles. The van der Waals surface area contributed by atoms with Crippen molar-refractivity contribution in [2.24, 2.45) is 46.3 Å². The third kappa shape index (κ3) is 5.40. The molecule has 1 heterocycles. The molecular formula is C32H56N2O3. The van der Waals surface area contributed by atoms with E-state index in [1.807, 2.05) is 0 Å². The van der Waals surface area contributed by atoms with E-state index in [1.54, 1.807) is 0 Å². The molecule has 0 bridgehead atoms. The van der Waals surface area contributed by atoms with E-state index in [1.165, 1.54) is 91.0 Å². The average Bonchev–Trinajstić information content (AvgIpc) is 3.25. The molecule has 5 heteroatoms. The van der Waals surface area contributed by atoms with Crippen molar-refractivity contribution in [3.63, 3.8) is 0 Å². The topological polar surface area (TPSA) is 61.8 Å². The van der Waals surface area contributed by atoms with Gasteiger partial charge in [-0.1, -0.05) is 27.2 Å². The van der Waals surface area contributed by atoms with Gasteiger partial charge >= 0.3 is 5.97 Å². The zero-order valence-electron chi connectivity index (χ0n) is 24.4. The van der Waals surface area contributed by atoms with Gasteiger partial charge in [0.25, 0.3) is 0 Å². The van der Waals surface area contributed by atoms with Gasteiger partial charge in [0.05, 0.1) is 13.2 Å². The van der Waals surface area contributed by atoms with E-state index in [2.05, 4.69) is 31.0 Å². The molecule has 10 atom stereocenters. The second-order valence-corrected chi connectivity index (χ2v) is 14.4. The molecule has 5 aliphatic rings. The van der Waals surface area contributed by atoms with E-state index in [0.717, 1.165) is 19.4 Å². The number of piperidine rings is 1. The summed E-state index contributed by atoms with van der Waals surface area (Å²) in [4.78, 5) is 14.4. The van der Waals surface area contributed by atoms with Crippen LogP contribution in [0.2, 0.25) is 0 Å². The van der Waals surface area contributed by atoms with Crippen LogP contribution in [0.4, 0.5) is 0 Å². The highest BCUT2D eigenvalue weighted by molar-refractivity contribution is 5.69. The zero-order valence-corrected chi connectivity index (χ0v) is 24.4. The molecule has 37 heavy (non-hydrogen) atoms. The molecule has 4 unspecified atom stereocenters. The Balaban J connectivity index is 1.20. The summed E-state index contributed by atoms with van der Waals surface area (Å²) in [6.45, 7) is 12.4. The Kier molecular flexibility index (Phi) is 8.64. The first-order chi connectivity index (χ1) is 17.8. The molecule has 0 aromatic rings. The number of rotatable bonds is 8. The minimum atomic E-state index is -0.135. The lowest BCUT2D eigenvalue weighted by Gasteiger charge is -2.62. The fourth-order valence-corrected chi connectivity index (χ4v) is 10.6. The van der Waals surface area contributed by atoms with Gasteiger partial charge in [0, 0.05) is 25.6 Å². The molecule has 0 radical (unpaired) electrons. The Morgan fingerprint density at radius 2 is 1.76 bits per heavy atom. The number of ether oxygens (including phenoxy) is 1. The first kappa shape index (κ1) is 27.9. The van der Waals surface area contributed by atoms with E-state index in [9.17, 15) is 9.90 Å². The fourth-order valence-electron chi connectivity index (χ4n) is 10.6. The lowest BCUT2D eigenvalue weighted by Crippen LogP contribution is -2.59. The van der Waals surface area contributed by atoms with Gasteiger partial charge in [-0.25, -0.2) is 0 Å². The van der Waals surface area contributed by atoms with Crippen LogP contribution in [0.3, 0.4) is 0 Å². The molecule has 0 spiro atoms. The van der Waals surface area contributed by atoms with E-state index in [4.69, 9.17) is 4.74 Å². The third-order valence-corrected chi connectivity index (χ3v) is 12.8. The molecule has 0 aromatic heterocycles. The third-order valence-electron chi connectivity index (χ3n) is 12.8. The Morgan fingerprint density at radius 3 is 2.51 bits per heavy atom. The number of nitrogens with zero attached hydrogens (tertiary/aromatic N) is 1. The summed E-state index contributed by atoms with van der Waals surface area (Å²) in [6, 6.07) is 0.631. The monoisotopic (exact) mass is 516 g/mol. The fraction of sp³-hybridized carbons (Fsp3) is 0.969. The highest BCUT2D eigenvalue weighted by Crippen LogP contribution is 2.68. The molecule has 212 valence electrons. The van der Waals surface area contributed by atoms with E-state index >= 15 is 0 Å². The number of hydrogen-bond donors (Lipinski definition) is 2. The van der Waals surface area contributed by atoms with Crippen molar-refractivity contribution < 1.29 is 14.6 Å². The maximum Gasteiger partial charge on any atom is 0.305 e. The molecule has 5 rings (SSSR count). The van der Waals surface area contributed by atoms with Crippen LogP contribution in [0.25, 0.3) is 0 Å². The van der Waals surface area contributed by atoms with Gasteiger partial charge in [-0.05, 0) is 130 Å². The van der Waals surface area contributed by atoms with Crippen molar-refractivity contribution in [1.82, 2.24) is 10.2 Å². The summed E-state index contributed by atoms with van der Waals surface area (Å²) in [6.07, 6.45) is 15.5. The molecule has 0 aromatic carbocycles. The quantitative estimate of drug-likeness (QED) is 0.408. The van der Waals surface area contributed by atoms with Gasteiger partial charge in [-0.2, -0.15) is 0 Å². The molecule has 1 saturated heterocycles. The van der Waals surface area contributed by atoms with Crippen molar-refractivity contribution in [1.29, 1.82) is 0 Å². The van der Waals surface area contributed by atoms with Crippen LogP contribution in [-0.2, 0) is 9.53 Å². The maximum atomic E-state index is 11.8. The van der Waals surface area contributed by atoms with Crippen molar-refractivity contribution in [2.75, 3.05) is 33.3 Å². The molecule has 1 aliphatic heterocycles. The summed E-state index contributed by atoms with van der Waals surface area (Å²) in [5, 5.41) is 15.6. The number of fused-ring (bicyclic) bond motifs is 5. The van der Waals surface area contributed by atoms with Crippen molar-refractivity contribution in [3.8, 4) is 0 Å². The Bertz CT molecular complexity index is 784. The van der Waals surface area contributed by atoms with Crippen LogP contribution in [-0.4, -0.2) is 61.4 Å². The van der Waals surface area contributed by atoms with Crippen molar-refractivity contribution in [3.05, 3.63) is 0 Å². The summed E-state index contributed by atoms with van der Waals surface area (Å²) < 4.78 is 4.92. The number of nitrogens with one attached hydrogen (secondary N) is 1. The minimum Gasteiger partial charge on any atom is -0.469 e. The van der Waals surface area contributed by atoms with Crippen molar-refractivity contribution in [2.45, 2.75) is 116 Å². The molecule has 5 fully saturated rings. The lowest BCUT2D eigenvalue weighted by atomic mass is 9.43. The predicted molar refractivity (Wildman–Crippen MR) is 149 cm³/mol. The van der Waals surface area contributed by atoms with E-state index in [0.29, 0.717) is 58.8 Å². The molecule has 4 saturated carbocycles. The van der Waals surface area contributed by atoms with Crippen LogP contribution in [0.5, 0.6) is 0 Å². The van der Waals surface area contributed by atoms with Gasteiger partial charge in [-0.3, -0.25) is 4.79 Å². The normalized spacial score (nSPS) is 44.9. The number of aliphatic hydroxyl groups is 1. The lowest BCUT2D eigenvalue weighted by molar-refractivity contribution is -0.167. The van der Waals surface area contributed by atoms with E-state index in [-0.39, 0.29) is 12.1 Å². The Labute approximate surface area is 226 Å². The number of carbonyl (C=O) groups is 1. The average molecular weight is 517 g/mol. The SMILES string of the molecule is COC(=O)CC[C@@H](C)[C@H]1CCC2C3C(CC[C@@]21C)[C@@]1(C)CCC(NCCN2CCCCC2)C[C@@H]1C[C@H]3O. The van der Waals surface area contributed by atoms with Gasteiger partial charge < -0.3 is 20.1 Å². The van der Waals surface area contributed by atoms with Gasteiger partial charge in [0.1, 0.15) is 0 Å². The Morgan fingerprint density at radius 1 is 1.03 bits per heavy atom. The molecule has 2 N–H and O–H groups in total. The standard InChI is InChI=1S/C32H56N2O3/c1-22(8-11-29(36)37-4)25-9-10-26-30-27(13-15-32(25,26)3)31(2)14-12-24(20-23(31)21-28(30)35)33-16-19-34-17-6-5-7-18-34/h22-28,30,33,35H,5-21H2,1-4H3/t22-,23-,24?,25-,26?,27?,28-,30?,31+,32-/m1/s1. The first-order valence-electron chi connectivity index (χ1n) is 16.0. The smallest absolute Gasteiger partial charge is 0.305 e. The van der Waals surface area contributed by atoms with Crippen LogP contribution in [0.1, 0.15) is 104 Å². The summed E-state index contributed by atoms with van der Waals surface area (Å²) in [7, 11) is 1.50. The highest BCUT2D eigenvalue weighted by Gasteiger charge is 2.62. The second-order valence-electron chi connectivity index (χ2n) is 14.4. The summed E-state index contributed by atoms with van der Waals surface area (Å²) in [5.74, 6) is 3.59. The second kappa shape index (κ2) is 11.5. The maximum absolute atomic E-state index is 11.8. The summed E-state index contributed by atoms with van der Waals surface area (Å²) in [5.41, 5.74) is 0.707. The zero-order chi connectivity index (χ0) is 26.2. The van der Waals surface area contributed by atoms with Gasteiger partial charge in [0.2, 0.25) is 0 Å². The number of carbonyl (C=O) groups excluding carboxylic acids is 1. The van der Waals surface area contributed by atoms with Crippen LogP contribution in [0.15, 0.2) is 0 Å². The van der Waals surface area contributed by atoms with Crippen LogP contribution in [0, 0.1) is 46.3 Å². The largest absolute Gasteiger partial charge is 0.469 e. The Hall–Kier alpha value is -0.650. The van der Waals surface area contributed by atoms with Gasteiger partial charge in [-0.15, -0.1) is 0 Å². The van der Waals surface area contributed by atoms with Crippen LogP contribution < -0.4 is 5.32 Å². The van der Waals surface area contributed by atoms with Gasteiger partial charge in [0.15, 0.2) is 0 Å². The number of hydrogen-bond acceptors (Lipinski definition) is 5. The first-order valence-corrected chi connectivity index (χ1v) is 16.0. The highest BCUT2D eigenvalue weighted by atomic mass is 16.5. The number of methoxy groups -OCH3 is 1. The van der Waals surface area contributed by atoms with Crippen LogP contribution >= 0.6 is 0 Å². The number of aliphatic hydroxyl groups excluding tert-OH is 1. The predicted octanol–water partition coefficient (Wildman–Crippen LogP) is 5.65.